The molecule has 0 spiro atoms. The van der Waals surface area contributed by atoms with Crippen LogP contribution in [-0.2, 0) is 13.1 Å². The number of hydrogen-bond acceptors (Lipinski definition) is 6. The highest BCUT2D eigenvalue weighted by Crippen LogP contribution is 2.19. The smallest absolute Gasteiger partial charge is 0.291 e. The number of aromatic nitrogens is 3. The van der Waals surface area contributed by atoms with Crippen molar-refractivity contribution in [2.45, 2.75) is 19.2 Å². The van der Waals surface area contributed by atoms with E-state index in [0.29, 0.717) is 18.0 Å². The van der Waals surface area contributed by atoms with Crippen LogP contribution in [0.1, 0.15) is 27.8 Å². The van der Waals surface area contributed by atoms with Crippen LogP contribution in [0.5, 0.6) is 11.5 Å². The summed E-state index contributed by atoms with van der Waals surface area (Å²) in [6.45, 7) is 0.477. The fourth-order valence-corrected chi connectivity index (χ4v) is 2.70. The van der Waals surface area contributed by atoms with Gasteiger partial charge in [-0.3, -0.25) is 4.79 Å². The summed E-state index contributed by atoms with van der Waals surface area (Å²) in [5.74, 6) is 1.05. The van der Waals surface area contributed by atoms with E-state index in [2.05, 4.69) is 15.4 Å². The van der Waals surface area contributed by atoms with Crippen LogP contribution < -0.4 is 14.8 Å². The van der Waals surface area contributed by atoms with Gasteiger partial charge in [0.2, 0.25) is 5.82 Å². The first-order valence-corrected chi connectivity index (χ1v) is 8.72. The maximum Gasteiger partial charge on any atom is 0.291 e. The highest BCUT2D eigenvalue weighted by Gasteiger charge is 2.15. The van der Waals surface area contributed by atoms with Crippen molar-refractivity contribution in [3.63, 3.8) is 0 Å². The molecule has 0 unspecified atom stereocenters. The molecule has 0 saturated heterocycles. The van der Waals surface area contributed by atoms with Crippen LogP contribution in [0.25, 0.3) is 0 Å². The summed E-state index contributed by atoms with van der Waals surface area (Å²) in [5, 5.41) is 17.3. The molecule has 3 aromatic rings. The van der Waals surface area contributed by atoms with Crippen LogP contribution in [-0.4, -0.2) is 40.0 Å². The zero-order valence-electron chi connectivity index (χ0n) is 15.7. The maximum absolute atomic E-state index is 12.3. The van der Waals surface area contributed by atoms with Crippen LogP contribution in [0.15, 0.2) is 54.9 Å². The van der Waals surface area contributed by atoms with Crippen molar-refractivity contribution in [2.24, 2.45) is 0 Å². The number of aliphatic hydroxyl groups excluding tert-OH is 1. The minimum atomic E-state index is -0.780. The molecule has 8 heteroatoms. The molecular formula is C20H22N4O4. The number of para-hydroxylation sites is 1. The van der Waals surface area contributed by atoms with E-state index in [0.717, 1.165) is 11.1 Å². The first-order valence-electron chi connectivity index (χ1n) is 8.72. The Morgan fingerprint density at radius 2 is 1.89 bits per heavy atom. The van der Waals surface area contributed by atoms with Crippen LogP contribution in [0.4, 0.5) is 0 Å². The molecule has 0 bridgehead atoms. The number of benzene rings is 2. The number of methoxy groups -OCH3 is 2. The van der Waals surface area contributed by atoms with E-state index in [9.17, 15) is 9.90 Å². The van der Waals surface area contributed by atoms with E-state index < -0.39 is 12.0 Å². The number of carbonyl (C=O) groups is 1. The zero-order chi connectivity index (χ0) is 19.9. The molecule has 2 N–H and O–H groups in total. The number of nitrogens with one attached hydrogen (secondary N) is 1. The summed E-state index contributed by atoms with van der Waals surface area (Å²) in [6.07, 6.45) is 0.641. The van der Waals surface area contributed by atoms with Gasteiger partial charge in [0.15, 0.2) is 0 Å². The second-order valence-electron chi connectivity index (χ2n) is 6.07. The number of amides is 1. The van der Waals surface area contributed by atoms with E-state index >= 15 is 0 Å². The molecule has 0 saturated carbocycles. The molecule has 0 aliphatic carbocycles. The van der Waals surface area contributed by atoms with Gasteiger partial charge in [0.25, 0.3) is 5.91 Å². The summed E-state index contributed by atoms with van der Waals surface area (Å²) in [7, 11) is 3.17. The van der Waals surface area contributed by atoms with E-state index in [-0.39, 0.29) is 12.4 Å². The lowest BCUT2D eigenvalue weighted by Crippen LogP contribution is -2.24. The fourth-order valence-electron chi connectivity index (χ4n) is 2.70. The van der Waals surface area contributed by atoms with Crippen molar-refractivity contribution in [3.05, 3.63) is 71.8 Å². The predicted octanol–water partition coefficient (Wildman–Crippen LogP) is 1.96. The van der Waals surface area contributed by atoms with Crippen molar-refractivity contribution in [1.82, 2.24) is 20.1 Å². The molecule has 2 aromatic carbocycles. The third-order valence-electron chi connectivity index (χ3n) is 4.23. The lowest BCUT2D eigenvalue weighted by atomic mass is 10.1. The third-order valence-corrected chi connectivity index (χ3v) is 4.23. The van der Waals surface area contributed by atoms with E-state index in [4.69, 9.17) is 9.47 Å². The minimum absolute atomic E-state index is 0.0387. The first-order chi connectivity index (χ1) is 13.6. The SMILES string of the molecule is COc1ccc([C@@H](O)Cn2cnc(C(=O)NCc3ccccc3OC)n2)cc1. The van der Waals surface area contributed by atoms with Crippen molar-refractivity contribution in [2.75, 3.05) is 14.2 Å². The Morgan fingerprint density at radius 1 is 1.14 bits per heavy atom. The number of nitrogens with zero attached hydrogens (tertiary/aromatic N) is 3. The normalized spacial score (nSPS) is 11.7. The Kier molecular flexibility index (Phi) is 6.23. The van der Waals surface area contributed by atoms with Gasteiger partial charge >= 0.3 is 0 Å². The monoisotopic (exact) mass is 382 g/mol. The van der Waals surface area contributed by atoms with Gasteiger partial charge in [0.1, 0.15) is 17.8 Å². The Labute approximate surface area is 162 Å². The average molecular weight is 382 g/mol. The first kappa shape index (κ1) is 19.4. The number of rotatable bonds is 8. The maximum atomic E-state index is 12.3. The quantitative estimate of drug-likeness (QED) is 0.618. The molecule has 0 aliphatic heterocycles. The number of aliphatic hydroxyl groups is 1. The van der Waals surface area contributed by atoms with Crippen molar-refractivity contribution >= 4 is 5.91 Å². The molecule has 28 heavy (non-hydrogen) atoms. The number of ether oxygens (including phenoxy) is 2. The molecule has 0 radical (unpaired) electrons. The Balaban J connectivity index is 1.58. The van der Waals surface area contributed by atoms with Crippen LogP contribution >= 0.6 is 0 Å². The second-order valence-corrected chi connectivity index (χ2v) is 6.07. The van der Waals surface area contributed by atoms with E-state index in [1.165, 1.54) is 11.0 Å². The van der Waals surface area contributed by atoms with Crippen molar-refractivity contribution < 1.29 is 19.4 Å². The van der Waals surface area contributed by atoms with Gasteiger partial charge in [-0.05, 0) is 23.8 Å². The van der Waals surface area contributed by atoms with Crippen molar-refractivity contribution in [1.29, 1.82) is 0 Å². The number of hydrogen-bond donors (Lipinski definition) is 2. The average Bonchev–Trinajstić information content (AvgIpc) is 3.20. The summed E-state index contributed by atoms with van der Waals surface area (Å²) < 4.78 is 11.8. The lowest BCUT2D eigenvalue weighted by Gasteiger charge is -2.11. The summed E-state index contributed by atoms with van der Waals surface area (Å²) in [5.41, 5.74) is 1.58. The molecule has 1 heterocycles. The van der Waals surface area contributed by atoms with E-state index in [1.54, 1.807) is 38.5 Å². The van der Waals surface area contributed by atoms with E-state index in [1.807, 2.05) is 24.3 Å². The Morgan fingerprint density at radius 3 is 2.61 bits per heavy atom. The van der Waals surface area contributed by atoms with Gasteiger partial charge in [-0.15, -0.1) is 5.10 Å². The lowest BCUT2D eigenvalue weighted by molar-refractivity contribution is 0.0938. The minimum Gasteiger partial charge on any atom is -0.497 e. The summed E-state index contributed by atoms with van der Waals surface area (Å²) >= 11 is 0. The fraction of sp³-hybridized carbons (Fsp3) is 0.250. The van der Waals surface area contributed by atoms with Gasteiger partial charge in [-0.1, -0.05) is 30.3 Å². The molecule has 8 nitrogen and oxygen atoms in total. The Hall–Kier alpha value is -3.39. The zero-order valence-corrected chi connectivity index (χ0v) is 15.7. The molecule has 1 amide bonds. The molecule has 0 aliphatic rings. The molecule has 1 atom stereocenters. The highest BCUT2D eigenvalue weighted by molar-refractivity contribution is 5.90. The topological polar surface area (TPSA) is 98.5 Å². The summed E-state index contributed by atoms with van der Waals surface area (Å²) in [4.78, 5) is 16.3. The van der Waals surface area contributed by atoms with Gasteiger partial charge < -0.3 is 19.9 Å². The highest BCUT2D eigenvalue weighted by atomic mass is 16.5. The van der Waals surface area contributed by atoms with Crippen LogP contribution in [0.3, 0.4) is 0 Å². The molecule has 0 fully saturated rings. The van der Waals surface area contributed by atoms with Crippen LogP contribution in [0.2, 0.25) is 0 Å². The molecular weight excluding hydrogens is 360 g/mol. The van der Waals surface area contributed by atoms with Gasteiger partial charge in [-0.25, -0.2) is 9.67 Å². The van der Waals surface area contributed by atoms with Gasteiger partial charge in [0.05, 0.1) is 26.9 Å². The third kappa shape index (κ3) is 4.66. The second kappa shape index (κ2) is 9.01. The van der Waals surface area contributed by atoms with Crippen molar-refractivity contribution in [3.8, 4) is 11.5 Å². The van der Waals surface area contributed by atoms with Gasteiger partial charge in [-0.2, -0.15) is 0 Å². The molecule has 146 valence electrons. The standard InChI is InChI=1S/C20H22N4O4/c1-27-16-9-7-14(8-10-16)17(25)12-24-13-22-19(23-24)20(26)21-11-15-5-3-4-6-18(15)28-2/h3-10,13,17,25H,11-12H2,1-2H3,(H,21,26)/t17-/m0/s1. The van der Waals surface area contributed by atoms with Crippen LogP contribution in [0, 0.1) is 0 Å². The number of carbonyl (C=O) groups excluding carboxylic acids is 1. The largest absolute Gasteiger partial charge is 0.497 e. The Bertz CT molecular complexity index is 924. The summed E-state index contributed by atoms with van der Waals surface area (Å²) in [6, 6.07) is 14.5. The molecule has 1 aromatic heterocycles. The predicted molar refractivity (Wildman–Crippen MR) is 102 cm³/mol. The molecule has 3 rings (SSSR count). The van der Waals surface area contributed by atoms with Gasteiger partial charge in [0, 0.05) is 12.1 Å².